The lowest BCUT2D eigenvalue weighted by Crippen LogP contribution is -2.00. The van der Waals surface area contributed by atoms with E-state index in [0.29, 0.717) is 19.3 Å². The van der Waals surface area contributed by atoms with Gasteiger partial charge in [-0.2, -0.15) is 0 Å². The van der Waals surface area contributed by atoms with E-state index < -0.39 is 0 Å². The smallest absolute Gasteiger partial charge is 0.129 e. The Balaban J connectivity index is 1.66. The largest absolute Gasteiger partial charge is 0.467 e. The number of epoxide rings is 1. The van der Waals surface area contributed by atoms with Gasteiger partial charge in [0.05, 0.1) is 19.5 Å². The lowest BCUT2D eigenvalue weighted by Gasteiger charge is -1.96. The predicted molar refractivity (Wildman–Crippen MR) is 38.1 cm³/mol. The Morgan fingerprint density at radius 1 is 1.64 bits per heavy atom. The first-order valence-corrected chi connectivity index (χ1v) is 3.67. The van der Waals surface area contributed by atoms with Crippen molar-refractivity contribution in [2.24, 2.45) is 0 Å². The lowest BCUT2D eigenvalue weighted by atomic mass is 10.5. The molecule has 1 fully saturated rings. The van der Waals surface area contributed by atoms with E-state index in [9.17, 15) is 0 Å². The van der Waals surface area contributed by atoms with Crippen LogP contribution >= 0.6 is 0 Å². The van der Waals surface area contributed by atoms with Gasteiger partial charge in [-0.25, -0.2) is 0 Å². The maximum absolute atomic E-state index is 5.28. The molecule has 1 saturated heterocycles. The third-order valence-electron chi connectivity index (χ3n) is 1.53. The first kappa shape index (κ1) is 6.88. The highest BCUT2D eigenvalue weighted by atomic mass is 16.6. The van der Waals surface area contributed by atoms with Gasteiger partial charge in [0, 0.05) is 0 Å². The Hall–Kier alpha value is -0.800. The van der Waals surface area contributed by atoms with Gasteiger partial charge in [0.25, 0.3) is 0 Å². The summed E-state index contributed by atoms with van der Waals surface area (Å²) in [5.41, 5.74) is 0. The van der Waals surface area contributed by atoms with Crippen molar-refractivity contribution < 1.29 is 13.9 Å². The maximum atomic E-state index is 5.28. The van der Waals surface area contributed by atoms with Crippen molar-refractivity contribution in [3.8, 4) is 0 Å². The fourth-order valence-electron chi connectivity index (χ4n) is 0.850. The summed E-state index contributed by atoms with van der Waals surface area (Å²) in [6, 6.07) is 3.75. The molecule has 0 aromatic carbocycles. The highest BCUT2D eigenvalue weighted by Gasteiger charge is 2.22. The Labute approximate surface area is 64.9 Å². The van der Waals surface area contributed by atoms with E-state index in [2.05, 4.69) is 0 Å². The molecule has 1 aliphatic heterocycles. The zero-order chi connectivity index (χ0) is 7.52. The summed E-state index contributed by atoms with van der Waals surface area (Å²) in [5, 5.41) is 0. The molecular formula is C8H10O3. The van der Waals surface area contributed by atoms with Gasteiger partial charge >= 0.3 is 0 Å². The van der Waals surface area contributed by atoms with E-state index in [-0.39, 0.29) is 0 Å². The van der Waals surface area contributed by atoms with Crippen molar-refractivity contribution in [2.45, 2.75) is 12.7 Å². The second kappa shape index (κ2) is 3.07. The quantitative estimate of drug-likeness (QED) is 0.611. The van der Waals surface area contributed by atoms with Crippen LogP contribution in [0.1, 0.15) is 5.76 Å². The summed E-state index contributed by atoms with van der Waals surface area (Å²) in [6.07, 6.45) is 1.98. The van der Waals surface area contributed by atoms with Gasteiger partial charge in [0.15, 0.2) is 0 Å². The zero-order valence-corrected chi connectivity index (χ0v) is 6.16. The van der Waals surface area contributed by atoms with Crippen molar-refractivity contribution in [2.75, 3.05) is 13.2 Å². The Morgan fingerprint density at radius 3 is 3.18 bits per heavy atom. The maximum Gasteiger partial charge on any atom is 0.129 e. The minimum Gasteiger partial charge on any atom is -0.467 e. The standard InChI is InChI=1S/C8H10O3/c1-2-7(10-3-1)4-9-5-8-6-11-8/h1-3,8H,4-6H2/t8-/m0/s1. The summed E-state index contributed by atoms with van der Waals surface area (Å²) in [5.74, 6) is 0.866. The van der Waals surface area contributed by atoms with Gasteiger partial charge in [-0.1, -0.05) is 0 Å². The van der Waals surface area contributed by atoms with Crippen molar-refractivity contribution in [3.05, 3.63) is 24.2 Å². The van der Waals surface area contributed by atoms with Crippen LogP contribution in [0, 0.1) is 0 Å². The first-order chi connectivity index (χ1) is 5.45. The van der Waals surface area contributed by atoms with Gasteiger partial charge in [-0.15, -0.1) is 0 Å². The van der Waals surface area contributed by atoms with Crippen LogP contribution in [0.25, 0.3) is 0 Å². The van der Waals surface area contributed by atoms with Gasteiger partial charge in [-0.05, 0) is 12.1 Å². The van der Waals surface area contributed by atoms with Crippen LogP contribution in [-0.2, 0) is 16.1 Å². The number of hydrogen-bond donors (Lipinski definition) is 0. The molecule has 1 aromatic rings. The van der Waals surface area contributed by atoms with Crippen molar-refractivity contribution >= 4 is 0 Å². The van der Waals surface area contributed by atoms with Crippen molar-refractivity contribution in [1.29, 1.82) is 0 Å². The third-order valence-corrected chi connectivity index (χ3v) is 1.53. The molecule has 2 heterocycles. The van der Waals surface area contributed by atoms with Crippen molar-refractivity contribution in [3.63, 3.8) is 0 Å². The van der Waals surface area contributed by atoms with E-state index in [1.54, 1.807) is 6.26 Å². The van der Waals surface area contributed by atoms with E-state index in [0.717, 1.165) is 12.4 Å². The Bertz CT molecular complexity index is 201. The highest BCUT2D eigenvalue weighted by Crippen LogP contribution is 2.10. The molecule has 0 amide bonds. The minimum absolute atomic E-state index is 0.338. The number of ether oxygens (including phenoxy) is 2. The molecule has 1 atom stereocenters. The number of hydrogen-bond acceptors (Lipinski definition) is 3. The SMILES string of the molecule is c1coc(COC[C@H]2CO2)c1. The summed E-state index contributed by atoms with van der Waals surface area (Å²) in [7, 11) is 0. The molecule has 0 spiro atoms. The van der Waals surface area contributed by atoms with Crippen molar-refractivity contribution in [1.82, 2.24) is 0 Å². The predicted octanol–water partition coefficient (Wildman–Crippen LogP) is 1.20. The number of rotatable bonds is 4. The Morgan fingerprint density at radius 2 is 2.55 bits per heavy atom. The molecule has 3 nitrogen and oxygen atoms in total. The minimum atomic E-state index is 0.338. The molecule has 2 rings (SSSR count). The van der Waals surface area contributed by atoms with Gasteiger partial charge in [0.1, 0.15) is 18.5 Å². The summed E-state index contributed by atoms with van der Waals surface area (Å²) >= 11 is 0. The van der Waals surface area contributed by atoms with E-state index in [4.69, 9.17) is 13.9 Å². The van der Waals surface area contributed by atoms with Crippen LogP contribution in [0.15, 0.2) is 22.8 Å². The number of furan rings is 1. The molecule has 11 heavy (non-hydrogen) atoms. The fraction of sp³-hybridized carbons (Fsp3) is 0.500. The molecule has 3 heteroatoms. The average Bonchev–Trinajstić information content (AvgIpc) is 2.66. The topological polar surface area (TPSA) is 34.9 Å². The lowest BCUT2D eigenvalue weighted by molar-refractivity contribution is 0.0914. The highest BCUT2D eigenvalue weighted by molar-refractivity contribution is 4.96. The molecule has 1 aromatic heterocycles. The molecular weight excluding hydrogens is 144 g/mol. The summed E-state index contributed by atoms with van der Waals surface area (Å²) < 4.78 is 15.3. The molecule has 0 unspecified atom stereocenters. The molecule has 0 radical (unpaired) electrons. The van der Waals surface area contributed by atoms with Crippen LogP contribution in [-0.4, -0.2) is 19.3 Å². The van der Waals surface area contributed by atoms with Gasteiger partial charge in [0.2, 0.25) is 0 Å². The summed E-state index contributed by atoms with van der Waals surface area (Å²) in [6.45, 7) is 2.08. The summed E-state index contributed by atoms with van der Waals surface area (Å²) in [4.78, 5) is 0. The normalized spacial score (nSPS) is 22.0. The molecule has 60 valence electrons. The second-order valence-corrected chi connectivity index (χ2v) is 2.55. The van der Waals surface area contributed by atoms with Gasteiger partial charge in [-0.3, -0.25) is 0 Å². The first-order valence-electron chi connectivity index (χ1n) is 3.67. The third kappa shape index (κ3) is 2.06. The molecule has 0 bridgehead atoms. The van der Waals surface area contributed by atoms with Gasteiger partial charge < -0.3 is 13.9 Å². The molecule has 1 aliphatic rings. The molecule has 0 saturated carbocycles. The van der Waals surface area contributed by atoms with Crippen LogP contribution in [0.5, 0.6) is 0 Å². The molecule has 0 aliphatic carbocycles. The fourth-order valence-corrected chi connectivity index (χ4v) is 0.850. The zero-order valence-electron chi connectivity index (χ0n) is 6.16. The Kier molecular flexibility index (Phi) is 1.92. The van der Waals surface area contributed by atoms with Crippen LogP contribution in [0.3, 0.4) is 0 Å². The van der Waals surface area contributed by atoms with Crippen LogP contribution in [0.2, 0.25) is 0 Å². The van der Waals surface area contributed by atoms with Crippen LogP contribution < -0.4 is 0 Å². The molecule has 0 N–H and O–H groups in total. The van der Waals surface area contributed by atoms with Crippen LogP contribution in [0.4, 0.5) is 0 Å². The van der Waals surface area contributed by atoms with E-state index in [1.165, 1.54) is 0 Å². The monoisotopic (exact) mass is 154 g/mol. The second-order valence-electron chi connectivity index (χ2n) is 2.55. The van der Waals surface area contributed by atoms with E-state index >= 15 is 0 Å². The average molecular weight is 154 g/mol. The van der Waals surface area contributed by atoms with E-state index in [1.807, 2.05) is 12.1 Å².